The summed E-state index contributed by atoms with van der Waals surface area (Å²) in [6, 6.07) is 0.679. The number of likely N-dealkylation sites (tertiary alicyclic amines) is 1. The smallest absolute Gasteiger partial charge is 0.0558 e. The van der Waals surface area contributed by atoms with Crippen molar-refractivity contribution >= 4 is 0 Å². The summed E-state index contributed by atoms with van der Waals surface area (Å²) in [6.45, 7) is 8.53. The summed E-state index contributed by atoms with van der Waals surface area (Å²) < 4.78 is 5.42. The maximum atomic E-state index is 9.89. The molecule has 0 amide bonds. The third-order valence-corrected chi connectivity index (χ3v) is 3.88. The molecule has 2 aliphatic heterocycles. The fourth-order valence-electron chi connectivity index (χ4n) is 3.11. The molecule has 2 saturated heterocycles. The van der Waals surface area contributed by atoms with Crippen LogP contribution in [-0.4, -0.2) is 48.5 Å². The summed E-state index contributed by atoms with van der Waals surface area (Å²) in [4.78, 5) is 2.58. The lowest BCUT2D eigenvalue weighted by atomic mass is 9.86. The number of aliphatic hydroxyl groups excluding tert-OH is 1. The SMILES string of the molecule is CC1(C)CC(O)CCN(C2CCOCC2)C1. The van der Waals surface area contributed by atoms with Gasteiger partial charge in [0, 0.05) is 32.3 Å². The van der Waals surface area contributed by atoms with Gasteiger partial charge in [-0.25, -0.2) is 0 Å². The van der Waals surface area contributed by atoms with Gasteiger partial charge in [-0.3, -0.25) is 4.90 Å². The van der Waals surface area contributed by atoms with E-state index in [0.29, 0.717) is 6.04 Å². The van der Waals surface area contributed by atoms with Crippen LogP contribution >= 0.6 is 0 Å². The highest BCUT2D eigenvalue weighted by Gasteiger charge is 2.32. The van der Waals surface area contributed by atoms with Gasteiger partial charge in [-0.15, -0.1) is 0 Å². The minimum atomic E-state index is -0.111. The lowest BCUT2D eigenvalue weighted by Crippen LogP contribution is -2.43. The minimum Gasteiger partial charge on any atom is -0.393 e. The maximum Gasteiger partial charge on any atom is 0.0558 e. The summed E-state index contributed by atoms with van der Waals surface area (Å²) in [6.07, 6.45) is 4.08. The molecule has 94 valence electrons. The zero-order valence-electron chi connectivity index (χ0n) is 10.6. The molecule has 1 unspecified atom stereocenters. The van der Waals surface area contributed by atoms with Crippen molar-refractivity contribution < 1.29 is 9.84 Å². The molecule has 0 saturated carbocycles. The maximum absolute atomic E-state index is 9.89. The van der Waals surface area contributed by atoms with Crippen LogP contribution in [0.25, 0.3) is 0 Å². The average molecular weight is 227 g/mol. The Labute approximate surface area is 98.8 Å². The van der Waals surface area contributed by atoms with Gasteiger partial charge in [0.15, 0.2) is 0 Å². The monoisotopic (exact) mass is 227 g/mol. The lowest BCUT2D eigenvalue weighted by molar-refractivity contribution is 0.0245. The molecule has 0 radical (unpaired) electrons. The Kier molecular flexibility index (Phi) is 3.88. The van der Waals surface area contributed by atoms with E-state index >= 15 is 0 Å². The van der Waals surface area contributed by atoms with E-state index < -0.39 is 0 Å². The molecule has 0 bridgehead atoms. The lowest BCUT2D eigenvalue weighted by Gasteiger charge is -2.37. The van der Waals surface area contributed by atoms with Crippen molar-refractivity contribution in [2.45, 2.75) is 51.7 Å². The summed E-state index contributed by atoms with van der Waals surface area (Å²) in [7, 11) is 0. The fourth-order valence-corrected chi connectivity index (χ4v) is 3.11. The molecule has 0 aromatic heterocycles. The van der Waals surface area contributed by atoms with Gasteiger partial charge in [-0.05, 0) is 31.1 Å². The largest absolute Gasteiger partial charge is 0.393 e. The summed E-state index contributed by atoms with van der Waals surface area (Å²) >= 11 is 0. The Balaban J connectivity index is 1.97. The van der Waals surface area contributed by atoms with E-state index in [2.05, 4.69) is 18.7 Å². The second-order valence-electron chi connectivity index (χ2n) is 6.12. The Morgan fingerprint density at radius 1 is 1.19 bits per heavy atom. The molecule has 1 atom stereocenters. The van der Waals surface area contributed by atoms with E-state index in [1.807, 2.05) is 0 Å². The second-order valence-corrected chi connectivity index (χ2v) is 6.12. The number of rotatable bonds is 1. The molecule has 1 N–H and O–H groups in total. The third kappa shape index (κ3) is 3.19. The summed E-state index contributed by atoms with van der Waals surface area (Å²) in [5, 5.41) is 9.89. The van der Waals surface area contributed by atoms with Gasteiger partial charge >= 0.3 is 0 Å². The van der Waals surface area contributed by atoms with Crippen molar-refractivity contribution in [3.63, 3.8) is 0 Å². The molecule has 0 aliphatic carbocycles. The predicted octanol–water partition coefficient (Wildman–Crippen LogP) is 1.65. The first kappa shape index (κ1) is 12.3. The van der Waals surface area contributed by atoms with Crippen molar-refractivity contribution in [2.75, 3.05) is 26.3 Å². The molecule has 2 aliphatic rings. The highest BCUT2D eigenvalue weighted by molar-refractivity contribution is 4.86. The number of hydrogen-bond acceptors (Lipinski definition) is 3. The van der Waals surface area contributed by atoms with Crippen molar-refractivity contribution in [2.24, 2.45) is 5.41 Å². The van der Waals surface area contributed by atoms with Crippen molar-refractivity contribution in [3.8, 4) is 0 Å². The van der Waals surface area contributed by atoms with E-state index in [4.69, 9.17) is 4.74 Å². The Hall–Kier alpha value is -0.120. The summed E-state index contributed by atoms with van der Waals surface area (Å²) in [5.74, 6) is 0. The topological polar surface area (TPSA) is 32.7 Å². The minimum absolute atomic E-state index is 0.111. The van der Waals surface area contributed by atoms with Gasteiger partial charge in [-0.2, -0.15) is 0 Å². The van der Waals surface area contributed by atoms with Gasteiger partial charge in [0.1, 0.15) is 0 Å². The third-order valence-electron chi connectivity index (χ3n) is 3.88. The Morgan fingerprint density at radius 2 is 1.88 bits per heavy atom. The van der Waals surface area contributed by atoms with E-state index in [-0.39, 0.29) is 11.5 Å². The molecular weight excluding hydrogens is 202 g/mol. The molecule has 2 heterocycles. The van der Waals surface area contributed by atoms with Gasteiger partial charge in [0.2, 0.25) is 0 Å². The quantitative estimate of drug-likeness (QED) is 0.739. The number of hydrogen-bond donors (Lipinski definition) is 1. The van der Waals surface area contributed by atoms with Gasteiger partial charge in [-0.1, -0.05) is 13.8 Å². The van der Waals surface area contributed by atoms with Crippen LogP contribution in [0.3, 0.4) is 0 Å². The average Bonchev–Trinajstić information content (AvgIpc) is 2.37. The normalized spacial score (nSPS) is 33.6. The first-order valence-corrected chi connectivity index (χ1v) is 6.57. The van der Waals surface area contributed by atoms with E-state index in [1.165, 1.54) is 0 Å². The molecule has 0 aromatic carbocycles. The zero-order valence-corrected chi connectivity index (χ0v) is 10.6. The highest BCUT2D eigenvalue weighted by atomic mass is 16.5. The second kappa shape index (κ2) is 5.03. The van der Waals surface area contributed by atoms with Crippen molar-refractivity contribution in [1.82, 2.24) is 4.90 Å². The van der Waals surface area contributed by atoms with Crippen molar-refractivity contribution in [3.05, 3.63) is 0 Å². The summed E-state index contributed by atoms with van der Waals surface area (Å²) in [5.41, 5.74) is 0.244. The Bertz CT molecular complexity index is 224. The predicted molar refractivity (Wildman–Crippen MR) is 64.4 cm³/mol. The first-order chi connectivity index (χ1) is 7.57. The van der Waals surface area contributed by atoms with E-state index in [0.717, 1.165) is 52.0 Å². The van der Waals surface area contributed by atoms with Crippen LogP contribution in [0.5, 0.6) is 0 Å². The molecule has 2 fully saturated rings. The van der Waals surface area contributed by atoms with Crippen LogP contribution in [-0.2, 0) is 4.74 Å². The Morgan fingerprint density at radius 3 is 2.56 bits per heavy atom. The highest BCUT2D eigenvalue weighted by Crippen LogP contribution is 2.30. The van der Waals surface area contributed by atoms with Gasteiger partial charge < -0.3 is 9.84 Å². The van der Waals surface area contributed by atoms with Crippen LogP contribution in [0, 0.1) is 5.41 Å². The molecule has 3 nitrogen and oxygen atoms in total. The molecule has 0 spiro atoms. The van der Waals surface area contributed by atoms with Gasteiger partial charge in [0.05, 0.1) is 6.10 Å². The molecule has 2 rings (SSSR count). The standard InChI is InChI=1S/C13H25NO2/c1-13(2)9-12(15)3-6-14(10-13)11-4-7-16-8-5-11/h11-12,15H,3-10H2,1-2H3. The zero-order chi connectivity index (χ0) is 11.6. The number of nitrogens with zero attached hydrogens (tertiary/aromatic N) is 1. The van der Waals surface area contributed by atoms with E-state index in [1.54, 1.807) is 0 Å². The number of ether oxygens (including phenoxy) is 1. The van der Waals surface area contributed by atoms with Crippen LogP contribution < -0.4 is 0 Å². The molecular formula is C13H25NO2. The van der Waals surface area contributed by atoms with Crippen molar-refractivity contribution in [1.29, 1.82) is 0 Å². The molecule has 16 heavy (non-hydrogen) atoms. The van der Waals surface area contributed by atoms with Crippen LogP contribution in [0.4, 0.5) is 0 Å². The van der Waals surface area contributed by atoms with Crippen LogP contribution in [0.1, 0.15) is 39.5 Å². The van der Waals surface area contributed by atoms with Crippen LogP contribution in [0.2, 0.25) is 0 Å². The number of aliphatic hydroxyl groups is 1. The van der Waals surface area contributed by atoms with E-state index in [9.17, 15) is 5.11 Å². The molecule has 3 heteroatoms. The fraction of sp³-hybridized carbons (Fsp3) is 1.00. The first-order valence-electron chi connectivity index (χ1n) is 6.57. The molecule has 0 aromatic rings. The van der Waals surface area contributed by atoms with Crippen LogP contribution in [0.15, 0.2) is 0 Å². The van der Waals surface area contributed by atoms with Gasteiger partial charge in [0.25, 0.3) is 0 Å².